The van der Waals surface area contributed by atoms with E-state index in [-0.39, 0.29) is 13.2 Å². The Hall–Kier alpha value is -1.67. The van der Waals surface area contributed by atoms with E-state index in [1.165, 1.54) is 4.90 Å². The Balaban J connectivity index is 2.96. The van der Waals surface area contributed by atoms with E-state index in [4.69, 9.17) is 10.4 Å². The highest BCUT2D eigenvalue weighted by Gasteiger charge is 2.14. The molecule has 5 heteroatoms. The number of nitriles is 1. The maximum Gasteiger partial charge on any atom is 0.255 e. The summed E-state index contributed by atoms with van der Waals surface area (Å²) in [6.07, 6.45) is -2.50. The van der Waals surface area contributed by atoms with E-state index in [0.29, 0.717) is 11.3 Å². The monoisotopic (exact) mass is 226 g/mol. The number of hydrogen-bond donors (Lipinski definition) is 1. The van der Waals surface area contributed by atoms with E-state index < -0.39 is 13.0 Å². The van der Waals surface area contributed by atoms with Gasteiger partial charge in [0.2, 0.25) is 0 Å². The number of anilines is 1. The molecule has 0 heterocycles. The Kier molecular flexibility index (Phi) is 4.67. The predicted octanol–water partition coefficient (Wildman–Crippen LogP) is 1.62. The van der Waals surface area contributed by atoms with Gasteiger partial charge in [0.05, 0.1) is 24.4 Å². The number of rotatable bonds is 5. The molecule has 0 atom stereocenters. The summed E-state index contributed by atoms with van der Waals surface area (Å²) in [5.41, 5.74) is 0.760. The molecule has 16 heavy (non-hydrogen) atoms. The van der Waals surface area contributed by atoms with E-state index in [2.05, 4.69) is 0 Å². The van der Waals surface area contributed by atoms with Gasteiger partial charge in [0.25, 0.3) is 6.43 Å². The first-order chi connectivity index (χ1) is 7.69. The summed E-state index contributed by atoms with van der Waals surface area (Å²) in [5.74, 6) is 0. The van der Waals surface area contributed by atoms with Crippen molar-refractivity contribution in [2.75, 3.05) is 24.6 Å². The lowest BCUT2D eigenvalue weighted by atomic mass is 10.1. The first kappa shape index (κ1) is 12.4. The highest BCUT2D eigenvalue weighted by molar-refractivity contribution is 5.59. The van der Waals surface area contributed by atoms with Crippen LogP contribution in [0.25, 0.3) is 0 Å². The molecule has 1 aromatic rings. The maximum atomic E-state index is 12.3. The molecule has 0 fully saturated rings. The van der Waals surface area contributed by atoms with Crippen LogP contribution in [-0.4, -0.2) is 31.2 Å². The van der Waals surface area contributed by atoms with Crippen LogP contribution in [0.15, 0.2) is 24.3 Å². The number of hydrogen-bond acceptors (Lipinski definition) is 3. The van der Waals surface area contributed by atoms with Crippen LogP contribution in [0.5, 0.6) is 0 Å². The predicted molar refractivity (Wildman–Crippen MR) is 56.5 cm³/mol. The zero-order chi connectivity index (χ0) is 12.0. The first-order valence-electron chi connectivity index (χ1n) is 4.82. The number of aliphatic hydroxyl groups is 1. The molecular weight excluding hydrogens is 214 g/mol. The van der Waals surface area contributed by atoms with E-state index in [9.17, 15) is 8.78 Å². The van der Waals surface area contributed by atoms with Gasteiger partial charge in [0.15, 0.2) is 0 Å². The average molecular weight is 226 g/mol. The van der Waals surface area contributed by atoms with Gasteiger partial charge in [-0.3, -0.25) is 0 Å². The molecule has 0 radical (unpaired) electrons. The lowest BCUT2D eigenvalue weighted by molar-refractivity contribution is 0.153. The Morgan fingerprint density at radius 3 is 2.62 bits per heavy atom. The minimum absolute atomic E-state index is 0.0863. The van der Waals surface area contributed by atoms with Crippen LogP contribution in [0.2, 0.25) is 0 Å². The molecule has 0 aliphatic carbocycles. The molecule has 86 valence electrons. The SMILES string of the molecule is N#Cc1ccccc1N(CCO)CC(F)F. The zero-order valence-electron chi connectivity index (χ0n) is 8.61. The number of benzene rings is 1. The van der Waals surface area contributed by atoms with Gasteiger partial charge in [0.1, 0.15) is 6.07 Å². The van der Waals surface area contributed by atoms with Crippen molar-refractivity contribution in [3.63, 3.8) is 0 Å². The van der Waals surface area contributed by atoms with Gasteiger partial charge in [-0.05, 0) is 12.1 Å². The highest BCUT2D eigenvalue weighted by atomic mass is 19.3. The summed E-state index contributed by atoms with van der Waals surface area (Å²) in [5, 5.41) is 17.6. The van der Waals surface area contributed by atoms with E-state index in [1.807, 2.05) is 6.07 Å². The quantitative estimate of drug-likeness (QED) is 0.829. The van der Waals surface area contributed by atoms with Gasteiger partial charge < -0.3 is 10.0 Å². The van der Waals surface area contributed by atoms with Gasteiger partial charge in [-0.2, -0.15) is 5.26 Å². The van der Waals surface area contributed by atoms with Crippen LogP contribution >= 0.6 is 0 Å². The number of aliphatic hydroxyl groups excluding tert-OH is 1. The second kappa shape index (κ2) is 6.03. The van der Waals surface area contributed by atoms with Crippen LogP contribution in [0.3, 0.4) is 0 Å². The van der Waals surface area contributed by atoms with Crippen LogP contribution < -0.4 is 4.90 Å². The summed E-state index contributed by atoms with van der Waals surface area (Å²) in [6.45, 7) is -0.630. The summed E-state index contributed by atoms with van der Waals surface area (Å²) in [7, 11) is 0. The molecule has 1 rings (SSSR count). The maximum absolute atomic E-state index is 12.3. The fraction of sp³-hybridized carbons (Fsp3) is 0.364. The molecule has 0 saturated carbocycles. The molecule has 0 bridgehead atoms. The third-order valence-corrected chi connectivity index (χ3v) is 2.09. The number of halogens is 2. The lowest BCUT2D eigenvalue weighted by Crippen LogP contribution is -2.32. The van der Waals surface area contributed by atoms with Crippen LogP contribution in [0, 0.1) is 11.3 Å². The second-order valence-corrected chi connectivity index (χ2v) is 3.19. The number of para-hydroxylation sites is 1. The molecule has 0 saturated heterocycles. The molecule has 0 aliphatic rings. The molecule has 1 aromatic carbocycles. The number of nitrogens with zero attached hydrogens (tertiary/aromatic N) is 2. The van der Waals surface area contributed by atoms with Crippen molar-refractivity contribution in [2.24, 2.45) is 0 Å². The number of alkyl halides is 2. The Morgan fingerprint density at radius 1 is 1.38 bits per heavy atom. The van der Waals surface area contributed by atoms with E-state index >= 15 is 0 Å². The van der Waals surface area contributed by atoms with Crippen LogP contribution in [0.1, 0.15) is 5.56 Å². The van der Waals surface area contributed by atoms with Crippen molar-refractivity contribution in [3.05, 3.63) is 29.8 Å². The molecule has 0 spiro atoms. The van der Waals surface area contributed by atoms with Crippen LogP contribution in [0.4, 0.5) is 14.5 Å². The van der Waals surface area contributed by atoms with Crippen molar-refractivity contribution in [1.29, 1.82) is 5.26 Å². The van der Waals surface area contributed by atoms with E-state index in [0.717, 1.165) is 0 Å². The summed E-state index contributed by atoms with van der Waals surface area (Å²) in [4.78, 5) is 1.31. The van der Waals surface area contributed by atoms with Crippen molar-refractivity contribution >= 4 is 5.69 Å². The average Bonchev–Trinajstić information content (AvgIpc) is 2.28. The first-order valence-corrected chi connectivity index (χ1v) is 4.82. The molecule has 0 unspecified atom stereocenters. The van der Waals surface area contributed by atoms with Crippen LogP contribution in [-0.2, 0) is 0 Å². The van der Waals surface area contributed by atoms with Crippen molar-refractivity contribution in [2.45, 2.75) is 6.43 Å². The van der Waals surface area contributed by atoms with Crippen molar-refractivity contribution in [1.82, 2.24) is 0 Å². The van der Waals surface area contributed by atoms with Gasteiger partial charge in [-0.15, -0.1) is 0 Å². The largest absolute Gasteiger partial charge is 0.395 e. The van der Waals surface area contributed by atoms with Gasteiger partial charge in [0, 0.05) is 6.54 Å². The van der Waals surface area contributed by atoms with Crippen molar-refractivity contribution in [3.8, 4) is 6.07 Å². The Bertz CT molecular complexity index is 376. The fourth-order valence-electron chi connectivity index (χ4n) is 1.44. The van der Waals surface area contributed by atoms with E-state index in [1.54, 1.807) is 24.3 Å². The highest BCUT2D eigenvalue weighted by Crippen LogP contribution is 2.20. The van der Waals surface area contributed by atoms with Gasteiger partial charge >= 0.3 is 0 Å². The third kappa shape index (κ3) is 3.17. The standard InChI is InChI=1S/C11H12F2N2O/c12-11(13)8-15(5-6-16)10-4-2-1-3-9(10)7-14/h1-4,11,16H,5-6,8H2. The Morgan fingerprint density at radius 2 is 2.06 bits per heavy atom. The summed E-state index contributed by atoms with van der Waals surface area (Å²) < 4.78 is 24.6. The minimum Gasteiger partial charge on any atom is -0.395 e. The van der Waals surface area contributed by atoms with Gasteiger partial charge in [-0.1, -0.05) is 12.1 Å². The molecule has 1 N–H and O–H groups in total. The van der Waals surface area contributed by atoms with Gasteiger partial charge in [-0.25, -0.2) is 8.78 Å². The molecule has 0 amide bonds. The molecule has 0 aliphatic heterocycles. The topological polar surface area (TPSA) is 47.3 Å². The fourth-order valence-corrected chi connectivity index (χ4v) is 1.44. The minimum atomic E-state index is -2.50. The third-order valence-electron chi connectivity index (χ3n) is 2.09. The summed E-state index contributed by atoms with van der Waals surface area (Å²) in [6, 6.07) is 8.43. The zero-order valence-corrected chi connectivity index (χ0v) is 8.61. The second-order valence-electron chi connectivity index (χ2n) is 3.19. The molecular formula is C11H12F2N2O. The lowest BCUT2D eigenvalue weighted by Gasteiger charge is -2.24. The molecule has 0 aromatic heterocycles. The Labute approximate surface area is 92.5 Å². The smallest absolute Gasteiger partial charge is 0.255 e. The molecule has 3 nitrogen and oxygen atoms in total. The van der Waals surface area contributed by atoms with Crippen molar-refractivity contribution < 1.29 is 13.9 Å². The normalized spacial score (nSPS) is 10.2. The summed E-state index contributed by atoms with van der Waals surface area (Å²) >= 11 is 0.